The predicted octanol–water partition coefficient (Wildman–Crippen LogP) is 5.78. The molecule has 11 heteroatoms. The normalized spacial score (nSPS) is 26.2. The van der Waals surface area contributed by atoms with Crippen LogP contribution in [0.2, 0.25) is 0 Å². The standard InChI is InChI=1S/C22H22F7NO2S/c1-19(30)10-12-20(13-11-19,33(31,32)17-8-6-16(23)7-9-17)14-2-4-15(5-3-14)21(26,18(24)25)22(27,28)29/h2-9,18H,10-13,30H2,1H3. The van der Waals surface area contributed by atoms with Crippen molar-refractivity contribution in [2.24, 2.45) is 5.73 Å². The van der Waals surface area contributed by atoms with Crippen molar-refractivity contribution in [3.63, 3.8) is 0 Å². The molecule has 33 heavy (non-hydrogen) atoms. The Bertz CT molecular complexity index is 1090. The van der Waals surface area contributed by atoms with E-state index >= 15 is 0 Å². The van der Waals surface area contributed by atoms with Gasteiger partial charge in [0.2, 0.25) is 0 Å². The average Bonchev–Trinajstić information content (AvgIpc) is 2.73. The number of halogens is 7. The van der Waals surface area contributed by atoms with Crippen molar-refractivity contribution >= 4 is 9.84 Å². The summed E-state index contributed by atoms with van der Waals surface area (Å²) in [5.41, 5.74) is -0.772. The van der Waals surface area contributed by atoms with Crippen LogP contribution in [-0.4, -0.2) is 26.6 Å². The smallest absolute Gasteiger partial charge is 0.325 e. The first kappa shape index (κ1) is 25.5. The van der Waals surface area contributed by atoms with Crippen LogP contribution in [0, 0.1) is 5.82 Å². The van der Waals surface area contributed by atoms with Crippen molar-refractivity contribution in [2.45, 2.75) is 66.1 Å². The molecule has 1 fully saturated rings. The van der Waals surface area contributed by atoms with Crippen LogP contribution >= 0.6 is 0 Å². The summed E-state index contributed by atoms with van der Waals surface area (Å²) in [4.78, 5) is -0.212. The van der Waals surface area contributed by atoms with Crippen molar-refractivity contribution in [1.29, 1.82) is 0 Å². The summed E-state index contributed by atoms with van der Waals surface area (Å²) in [5.74, 6) is -0.663. The molecule has 0 aliphatic heterocycles. The highest BCUT2D eigenvalue weighted by molar-refractivity contribution is 7.92. The number of alkyl halides is 6. The second-order valence-corrected chi connectivity index (χ2v) is 11.0. The third-order valence-corrected chi connectivity index (χ3v) is 8.95. The van der Waals surface area contributed by atoms with E-state index < -0.39 is 49.8 Å². The van der Waals surface area contributed by atoms with Crippen LogP contribution < -0.4 is 5.73 Å². The number of hydrogen-bond donors (Lipinski definition) is 1. The van der Waals surface area contributed by atoms with Crippen LogP contribution in [0.3, 0.4) is 0 Å². The van der Waals surface area contributed by atoms with Gasteiger partial charge in [0.25, 0.3) is 12.1 Å². The molecule has 1 aliphatic carbocycles. The minimum atomic E-state index is -5.88. The number of rotatable bonds is 5. The molecule has 0 radical (unpaired) electrons. The van der Waals surface area contributed by atoms with Crippen molar-refractivity contribution in [3.8, 4) is 0 Å². The Balaban J connectivity index is 2.14. The molecule has 2 N–H and O–H groups in total. The van der Waals surface area contributed by atoms with E-state index in [9.17, 15) is 39.2 Å². The molecule has 2 aromatic carbocycles. The van der Waals surface area contributed by atoms with E-state index in [0.29, 0.717) is 12.1 Å². The molecule has 1 aliphatic rings. The van der Waals surface area contributed by atoms with E-state index in [0.717, 1.165) is 36.4 Å². The van der Waals surface area contributed by atoms with Gasteiger partial charge in [-0.3, -0.25) is 0 Å². The van der Waals surface area contributed by atoms with E-state index in [1.165, 1.54) is 0 Å². The summed E-state index contributed by atoms with van der Waals surface area (Å²) in [6.07, 6.45) is -9.83. The number of sulfone groups is 1. The molecule has 1 unspecified atom stereocenters. The number of benzene rings is 2. The Morgan fingerprint density at radius 3 is 1.79 bits per heavy atom. The highest BCUT2D eigenvalue weighted by Crippen LogP contribution is 2.51. The molecule has 0 aromatic heterocycles. The molecule has 182 valence electrons. The predicted molar refractivity (Wildman–Crippen MR) is 108 cm³/mol. The van der Waals surface area contributed by atoms with Gasteiger partial charge in [0.05, 0.1) is 4.90 Å². The van der Waals surface area contributed by atoms with E-state index in [-0.39, 0.29) is 36.1 Å². The lowest BCUT2D eigenvalue weighted by atomic mass is 9.74. The minimum absolute atomic E-state index is 0.0184. The second kappa shape index (κ2) is 8.26. The van der Waals surface area contributed by atoms with E-state index in [4.69, 9.17) is 5.73 Å². The van der Waals surface area contributed by atoms with Gasteiger partial charge in [-0.15, -0.1) is 0 Å². The van der Waals surface area contributed by atoms with Gasteiger partial charge in [-0.05, 0) is 62.4 Å². The Hall–Kier alpha value is -2.14. The summed E-state index contributed by atoms with van der Waals surface area (Å²) >= 11 is 0. The number of nitrogens with two attached hydrogens (primary N) is 1. The van der Waals surface area contributed by atoms with Gasteiger partial charge in [0.1, 0.15) is 10.6 Å². The zero-order valence-corrected chi connectivity index (χ0v) is 18.3. The Morgan fingerprint density at radius 1 is 0.879 bits per heavy atom. The quantitative estimate of drug-likeness (QED) is 0.421. The van der Waals surface area contributed by atoms with Crippen molar-refractivity contribution in [1.82, 2.24) is 0 Å². The lowest BCUT2D eigenvalue weighted by Gasteiger charge is -2.43. The lowest BCUT2D eigenvalue weighted by molar-refractivity contribution is -0.274. The van der Waals surface area contributed by atoms with Gasteiger partial charge in [-0.25, -0.2) is 26.0 Å². The fourth-order valence-corrected chi connectivity index (χ4v) is 6.34. The summed E-state index contributed by atoms with van der Waals surface area (Å²) in [6, 6.07) is 7.00. The summed E-state index contributed by atoms with van der Waals surface area (Å²) in [6.45, 7) is 1.73. The van der Waals surface area contributed by atoms with E-state index in [2.05, 4.69) is 0 Å². The second-order valence-electron chi connectivity index (χ2n) is 8.69. The first-order valence-electron chi connectivity index (χ1n) is 10.0. The SMILES string of the molecule is CC1(N)CCC(c2ccc(C(F)(C(F)F)C(F)(F)F)cc2)(S(=O)(=O)c2ccc(F)cc2)CC1. The average molecular weight is 497 g/mol. The third-order valence-electron chi connectivity index (χ3n) is 6.38. The zero-order valence-electron chi connectivity index (χ0n) is 17.5. The van der Waals surface area contributed by atoms with Crippen LogP contribution in [-0.2, 0) is 20.3 Å². The van der Waals surface area contributed by atoms with E-state index in [1.54, 1.807) is 6.92 Å². The van der Waals surface area contributed by atoms with Gasteiger partial charge < -0.3 is 5.73 Å². The van der Waals surface area contributed by atoms with Gasteiger partial charge in [-0.2, -0.15) is 13.2 Å². The minimum Gasteiger partial charge on any atom is -0.325 e. The molecule has 0 spiro atoms. The first-order valence-corrected chi connectivity index (χ1v) is 11.5. The Labute approximate surface area is 186 Å². The molecule has 3 nitrogen and oxygen atoms in total. The maximum Gasteiger partial charge on any atom is 0.432 e. The largest absolute Gasteiger partial charge is 0.432 e. The molecule has 2 aromatic rings. The molecule has 1 saturated carbocycles. The van der Waals surface area contributed by atoms with Crippen molar-refractivity contribution < 1.29 is 39.2 Å². The van der Waals surface area contributed by atoms with Crippen LogP contribution in [0.15, 0.2) is 53.4 Å². The highest BCUT2D eigenvalue weighted by atomic mass is 32.2. The highest BCUT2D eigenvalue weighted by Gasteiger charge is 2.64. The molecule has 0 heterocycles. The van der Waals surface area contributed by atoms with Crippen LogP contribution in [0.1, 0.15) is 43.7 Å². The van der Waals surface area contributed by atoms with Gasteiger partial charge in [-0.1, -0.05) is 24.3 Å². The Morgan fingerprint density at radius 2 is 1.36 bits per heavy atom. The first-order chi connectivity index (χ1) is 15.1. The van der Waals surface area contributed by atoms with Crippen LogP contribution in [0.5, 0.6) is 0 Å². The molecule has 1 atom stereocenters. The lowest BCUT2D eigenvalue weighted by Crippen LogP contribution is -2.48. The Kier molecular flexibility index (Phi) is 6.38. The van der Waals surface area contributed by atoms with Gasteiger partial charge in [0.15, 0.2) is 9.84 Å². The van der Waals surface area contributed by atoms with Crippen LogP contribution in [0.25, 0.3) is 0 Å². The molecular weight excluding hydrogens is 475 g/mol. The van der Waals surface area contributed by atoms with Crippen molar-refractivity contribution in [3.05, 3.63) is 65.5 Å². The van der Waals surface area contributed by atoms with E-state index in [1.807, 2.05) is 0 Å². The summed E-state index contributed by atoms with van der Waals surface area (Å²) in [5, 5.41) is 0. The summed E-state index contributed by atoms with van der Waals surface area (Å²) in [7, 11) is -4.22. The van der Waals surface area contributed by atoms with Crippen LogP contribution in [0.4, 0.5) is 30.7 Å². The van der Waals surface area contributed by atoms with Crippen molar-refractivity contribution in [2.75, 3.05) is 0 Å². The number of hydrogen-bond acceptors (Lipinski definition) is 3. The maximum absolute atomic E-state index is 14.4. The molecule has 3 rings (SSSR count). The maximum atomic E-state index is 14.4. The topological polar surface area (TPSA) is 60.2 Å². The van der Waals surface area contributed by atoms with Gasteiger partial charge in [0, 0.05) is 11.1 Å². The molecule has 0 bridgehead atoms. The van der Waals surface area contributed by atoms with Gasteiger partial charge >= 0.3 is 6.18 Å². The fraction of sp³-hybridized carbons (Fsp3) is 0.455. The summed E-state index contributed by atoms with van der Waals surface area (Å²) < 4.78 is 119. The fourth-order valence-electron chi connectivity index (χ4n) is 4.21. The third kappa shape index (κ3) is 4.25. The monoisotopic (exact) mass is 497 g/mol. The molecular formula is C22H22F7NO2S. The molecule has 0 saturated heterocycles. The zero-order chi connectivity index (χ0) is 24.9. The molecule has 0 amide bonds.